The highest BCUT2D eigenvalue weighted by atomic mass is 79.9. The van der Waals surface area contributed by atoms with Crippen LogP contribution in [-0.4, -0.2) is 21.8 Å². The molecule has 0 aromatic heterocycles. The summed E-state index contributed by atoms with van der Waals surface area (Å²) < 4.78 is 0. The van der Waals surface area contributed by atoms with E-state index >= 15 is 0 Å². The van der Waals surface area contributed by atoms with Crippen LogP contribution >= 0.6 is 15.9 Å². The number of aliphatic hydroxyl groups excluding tert-OH is 1. The van der Waals surface area contributed by atoms with Gasteiger partial charge < -0.3 is 5.11 Å². The molecule has 4 aliphatic carbocycles. The van der Waals surface area contributed by atoms with Crippen LogP contribution in [0.5, 0.6) is 0 Å². The third kappa shape index (κ3) is 1.90. The first-order valence-corrected chi connectivity index (χ1v) is 9.84. The molecule has 0 aliphatic heterocycles. The van der Waals surface area contributed by atoms with E-state index in [1.54, 1.807) is 0 Å². The molecule has 0 radical (unpaired) electrons. The third-order valence-electron chi connectivity index (χ3n) is 7.78. The number of halogens is 1. The number of hydrogen-bond acceptors (Lipinski definition) is 2. The van der Waals surface area contributed by atoms with Gasteiger partial charge in [0.25, 0.3) is 0 Å². The monoisotopic (exact) mass is 366 g/mol. The topological polar surface area (TPSA) is 37.3 Å². The Kier molecular flexibility index (Phi) is 3.44. The van der Waals surface area contributed by atoms with Crippen molar-refractivity contribution >= 4 is 21.7 Å². The van der Waals surface area contributed by atoms with Gasteiger partial charge in [0.2, 0.25) is 0 Å². The second-order valence-corrected chi connectivity index (χ2v) is 9.78. The minimum Gasteiger partial charge on any atom is -0.393 e. The van der Waals surface area contributed by atoms with Crippen molar-refractivity contribution in [3.8, 4) is 0 Å². The molecule has 3 unspecified atom stereocenters. The summed E-state index contributed by atoms with van der Waals surface area (Å²) in [5.74, 6) is 2.37. The second-order valence-electron chi connectivity index (χ2n) is 8.68. The maximum atomic E-state index is 12.6. The Morgan fingerprint density at radius 1 is 1.18 bits per heavy atom. The van der Waals surface area contributed by atoms with Crippen LogP contribution in [0, 0.1) is 28.6 Å². The molecule has 3 fully saturated rings. The highest BCUT2D eigenvalue weighted by Crippen LogP contribution is 2.64. The van der Waals surface area contributed by atoms with Gasteiger partial charge in [-0.2, -0.15) is 0 Å². The van der Waals surface area contributed by atoms with Crippen molar-refractivity contribution in [2.75, 3.05) is 0 Å². The maximum absolute atomic E-state index is 12.6. The number of fused-ring (bicyclic) bond motifs is 5. The largest absolute Gasteiger partial charge is 0.393 e. The standard InChI is InChI=1S/C19H27BrO2/c1-18-7-5-12(21)9-11(18)3-4-13-14(18)6-8-19(2)15(13)10-16(20)17(19)22/h3,12-16,21H,4-10H2,1-2H3/t12-,13?,14?,15?,16-,18+,19+/m1/s1. The van der Waals surface area contributed by atoms with E-state index in [4.69, 9.17) is 0 Å². The number of rotatable bonds is 0. The molecule has 7 atom stereocenters. The fourth-order valence-electron chi connectivity index (χ4n) is 6.39. The van der Waals surface area contributed by atoms with E-state index < -0.39 is 0 Å². The molecule has 3 heteroatoms. The van der Waals surface area contributed by atoms with Crippen LogP contribution in [-0.2, 0) is 4.79 Å². The molecule has 0 amide bonds. The van der Waals surface area contributed by atoms with Gasteiger partial charge in [0.15, 0.2) is 5.78 Å². The van der Waals surface area contributed by atoms with Crippen LogP contribution in [0.25, 0.3) is 0 Å². The fourth-order valence-corrected chi connectivity index (χ4v) is 7.32. The quantitative estimate of drug-likeness (QED) is 0.513. The number of carbonyl (C=O) groups excluding carboxylic acids is 1. The van der Waals surface area contributed by atoms with Crippen molar-refractivity contribution in [1.29, 1.82) is 0 Å². The van der Waals surface area contributed by atoms with Gasteiger partial charge in [-0.15, -0.1) is 0 Å². The summed E-state index contributed by atoms with van der Waals surface area (Å²) in [5.41, 5.74) is 1.69. The zero-order chi connectivity index (χ0) is 15.7. The summed E-state index contributed by atoms with van der Waals surface area (Å²) >= 11 is 3.64. The SMILES string of the molecule is C[C@]12CC[C@@H](O)CC1=CCC1C2CC[C@]2(C)C(=O)[C@H](Br)CC12. The minimum absolute atomic E-state index is 0.0765. The van der Waals surface area contributed by atoms with Crippen LogP contribution in [0.1, 0.15) is 58.8 Å². The number of Topliss-reactive ketones (excluding diaryl/α,β-unsaturated/α-hetero) is 1. The van der Waals surface area contributed by atoms with Crippen LogP contribution in [0.4, 0.5) is 0 Å². The first kappa shape index (κ1) is 15.4. The average molecular weight is 367 g/mol. The molecule has 1 N–H and O–H groups in total. The summed E-state index contributed by atoms with van der Waals surface area (Å²) in [6.45, 7) is 4.66. The van der Waals surface area contributed by atoms with Crippen molar-refractivity contribution in [2.24, 2.45) is 28.6 Å². The molecule has 0 spiro atoms. The van der Waals surface area contributed by atoms with Crippen molar-refractivity contribution in [3.63, 3.8) is 0 Å². The molecule has 3 saturated carbocycles. The van der Waals surface area contributed by atoms with E-state index in [0.29, 0.717) is 23.5 Å². The molecular weight excluding hydrogens is 340 g/mol. The maximum Gasteiger partial charge on any atom is 0.152 e. The molecule has 0 bridgehead atoms. The van der Waals surface area contributed by atoms with Gasteiger partial charge in [-0.25, -0.2) is 0 Å². The van der Waals surface area contributed by atoms with Gasteiger partial charge >= 0.3 is 0 Å². The number of hydrogen-bond donors (Lipinski definition) is 1. The molecule has 4 aliphatic rings. The summed E-state index contributed by atoms with van der Waals surface area (Å²) in [6.07, 6.45) is 9.63. The third-order valence-corrected chi connectivity index (χ3v) is 8.57. The zero-order valence-corrected chi connectivity index (χ0v) is 15.2. The average Bonchev–Trinajstić information content (AvgIpc) is 2.72. The molecule has 0 heterocycles. The summed E-state index contributed by atoms with van der Waals surface area (Å²) in [7, 11) is 0. The lowest BCUT2D eigenvalue weighted by Gasteiger charge is -2.56. The number of aliphatic hydroxyl groups is 1. The molecule has 22 heavy (non-hydrogen) atoms. The van der Waals surface area contributed by atoms with Gasteiger partial charge in [-0.05, 0) is 68.1 Å². The predicted molar refractivity (Wildman–Crippen MR) is 90.8 cm³/mol. The Morgan fingerprint density at radius 2 is 1.91 bits per heavy atom. The fraction of sp³-hybridized carbons (Fsp3) is 0.842. The smallest absolute Gasteiger partial charge is 0.152 e. The number of allylic oxidation sites excluding steroid dienone is 1. The lowest BCUT2D eigenvalue weighted by Crippen LogP contribution is -2.50. The summed E-state index contributed by atoms with van der Waals surface area (Å²) in [5, 5.41) is 10.0. The van der Waals surface area contributed by atoms with Crippen LogP contribution < -0.4 is 0 Å². The lowest BCUT2D eigenvalue weighted by molar-refractivity contribution is -0.131. The lowest BCUT2D eigenvalue weighted by atomic mass is 9.48. The highest BCUT2D eigenvalue weighted by Gasteiger charge is 2.60. The first-order valence-electron chi connectivity index (χ1n) is 8.92. The van der Waals surface area contributed by atoms with E-state index in [1.807, 2.05) is 0 Å². The van der Waals surface area contributed by atoms with Gasteiger partial charge in [0, 0.05) is 5.41 Å². The Morgan fingerprint density at radius 3 is 2.68 bits per heavy atom. The molecule has 4 rings (SSSR count). The van der Waals surface area contributed by atoms with Crippen LogP contribution in [0.3, 0.4) is 0 Å². The Labute approximate surface area is 141 Å². The molecule has 2 nitrogen and oxygen atoms in total. The van der Waals surface area contributed by atoms with Crippen molar-refractivity contribution in [1.82, 2.24) is 0 Å². The Bertz CT molecular complexity index is 542. The Hall–Kier alpha value is -0.150. The van der Waals surface area contributed by atoms with Crippen LogP contribution in [0.15, 0.2) is 11.6 Å². The van der Waals surface area contributed by atoms with E-state index in [1.165, 1.54) is 12.0 Å². The predicted octanol–water partition coefficient (Wildman–Crippen LogP) is 4.25. The van der Waals surface area contributed by atoms with Crippen molar-refractivity contribution in [3.05, 3.63) is 11.6 Å². The molecule has 0 aromatic carbocycles. The molecule has 122 valence electrons. The molecule has 0 aromatic rings. The summed E-state index contributed by atoms with van der Waals surface area (Å²) in [4.78, 5) is 12.7. The minimum atomic E-state index is -0.135. The zero-order valence-electron chi connectivity index (χ0n) is 13.6. The Balaban J connectivity index is 1.70. The number of alkyl halides is 1. The highest BCUT2D eigenvalue weighted by molar-refractivity contribution is 9.10. The van der Waals surface area contributed by atoms with E-state index in [0.717, 1.165) is 38.5 Å². The molecular formula is C19H27BrO2. The van der Waals surface area contributed by atoms with E-state index in [-0.39, 0.29) is 21.8 Å². The van der Waals surface area contributed by atoms with Gasteiger partial charge in [0.1, 0.15) is 0 Å². The van der Waals surface area contributed by atoms with Gasteiger partial charge in [-0.1, -0.05) is 41.4 Å². The van der Waals surface area contributed by atoms with Crippen LogP contribution in [0.2, 0.25) is 0 Å². The molecule has 0 saturated heterocycles. The van der Waals surface area contributed by atoms with Crippen molar-refractivity contribution in [2.45, 2.75) is 69.7 Å². The number of carbonyl (C=O) groups is 1. The first-order chi connectivity index (χ1) is 10.4. The normalized spacial score (nSPS) is 54.3. The van der Waals surface area contributed by atoms with Gasteiger partial charge in [-0.3, -0.25) is 4.79 Å². The van der Waals surface area contributed by atoms with E-state index in [2.05, 4.69) is 35.9 Å². The number of ketones is 1. The van der Waals surface area contributed by atoms with Crippen molar-refractivity contribution < 1.29 is 9.90 Å². The van der Waals surface area contributed by atoms with Gasteiger partial charge in [0.05, 0.1) is 10.9 Å². The summed E-state index contributed by atoms with van der Waals surface area (Å²) in [6, 6.07) is 0. The second kappa shape index (κ2) is 4.92. The van der Waals surface area contributed by atoms with E-state index in [9.17, 15) is 9.90 Å².